The molecule has 0 aromatic carbocycles. The molecule has 3 rings (SSSR count). The predicted octanol–water partition coefficient (Wildman–Crippen LogP) is 2.56. The molecule has 2 aliphatic rings. The molecule has 0 saturated carbocycles. The lowest BCUT2D eigenvalue weighted by atomic mass is 9.83. The number of carbonyl (C=O) groups excluding carboxylic acids is 2. The van der Waals surface area contributed by atoms with Gasteiger partial charge in [0.2, 0.25) is 11.8 Å². The smallest absolute Gasteiger partial charge is 0.248 e. The van der Waals surface area contributed by atoms with E-state index < -0.39 is 0 Å². The third-order valence-electron chi connectivity index (χ3n) is 5.22. The van der Waals surface area contributed by atoms with Gasteiger partial charge in [-0.3, -0.25) is 9.59 Å². The topological polar surface area (TPSA) is 49.9 Å². The fraction of sp³-hybridized carbons (Fsp3) is 0.684. The van der Waals surface area contributed by atoms with Crippen molar-refractivity contribution in [3.05, 3.63) is 22.4 Å². The number of thiophene rings is 1. The van der Waals surface area contributed by atoms with Gasteiger partial charge < -0.3 is 14.5 Å². The first-order valence-corrected chi connectivity index (χ1v) is 10.1. The number of piperidine rings is 2. The monoisotopic (exact) mass is 364 g/mol. The maximum atomic E-state index is 12.4. The average molecular weight is 365 g/mol. The predicted molar refractivity (Wildman–Crippen MR) is 98.5 cm³/mol. The summed E-state index contributed by atoms with van der Waals surface area (Å²) < 4.78 is 5.46. The Kier molecular flexibility index (Phi) is 6.12. The van der Waals surface area contributed by atoms with Gasteiger partial charge >= 0.3 is 0 Å². The quantitative estimate of drug-likeness (QED) is 0.779. The van der Waals surface area contributed by atoms with Gasteiger partial charge in [0, 0.05) is 37.0 Å². The van der Waals surface area contributed by atoms with Crippen LogP contribution in [0.2, 0.25) is 0 Å². The molecule has 2 saturated heterocycles. The van der Waals surface area contributed by atoms with Gasteiger partial charge in [-0.2, -0.15) is 0 Å². The van der Waals surface area contributed by atoms with Crippen molar-refractivity contribution in [2.45, 2.75) is 51.7 Å². The average Bonchev–Trinajstić information content (AvgIpc) is 3.12. The number of nitrogens with zero attached hydrogens (tertiary/aromatic N) is 2. The van der Waals surface area contributed by atoms with Gasteiger partial charge in [0.25, 0.3) is 0 Å². The van der Waals surface area contributed by atoms with Gasteiger partial charge in [0.15, 0.2) is 0 Å². The molecular formula is C19H28N2O3S. The lowest BCUT2D eigenvalue weighted by Gasteiger charge is -2.47. The van der Waals surface area contributed by atoms with Crippen LogP contribution in [-0.2, 0) is 20.7 Å². The SMILES string of the molecule is CC(C)OCC(=O)N1CC[C@@H]2[C@@H](CCC(=O)N2CCc2cccs2)C1. The van der Waals surface area contributed by atoms with Crippen molar-refractivity contribution in [3.8, 4) is 0 Å². The summed E-state index contributed by atoms with van der Waals surface area (Å²) >= 11 is 1.75. The highest BCUT2D eigenvalue weighted by molar-refractivity contribution is 7.09. The Morgan fingerprint density at radius 1 is 1.40 bits per heavy atom. The molecule has 1 aromatic rings. The molecule has 0 radical (unpaired) electrons. The molecule has 0 N–H and O–H groups in total. The molecule has 2 amide bonds. The van der Waals surface area contributed by atoms with Gasteiger partial charge in [-0.25, -0.2) is 0 Å². The number of fused-ring (bicyclic) bond motifs is 1. The second-order valence-electron chi connectivity index (χ2n) is 7.27. The van der Waals surface area contributed by atoms with E-state index in [-0.39, 0.29) is 30.6 Å². The number of hydrogen-bond acceptors (Lipinski definition) is 4. The summed E-state index contributed by atoms with van der Waals surface area (Å²) in [6.45, 7) is 6.33. The molecule has 25 heavy (non-hydrogen) atoms. The third kappa shape index (κ3) is 4.61. The Morgan fingerprint density at radius 2 is 2.24 bits per heavy atom. The van der Waals surface area contributed by atoms with E-state index in [0.29, 0.717) is 12.3 Å². The first-order chi connectivity index (χ1) is 12.0. The van der Waals surface area contributed by atoms with Gasteiger partial charge in [0.1, 0.15) is 6.61 Å². The number of carbonyl (C=O) groups is 2. The zero-order chi connectivity index (χ0) is 17.8. The molecule has 5 nitrogen and oxygen atoms in total. The normalized spacial score (nSPS) is 23.9. The van der Waals surface area contributed by atoms with E-state index in [0.717, 1.165) is 38.9 Å². The molecule has 6 heteroatoms. The van der Waals surface area contributed by atoms with E-state index in [1.807, 2.05) is 18.7 Å². The molecule has 138 valence electrons. The summed E-state index contributed by atoms with van der Waals surface area (Å²) in [5.74, 6) is 0.757. The summed E-state index contributed by atoms with van der Waals surface area (Å²) in [5, 5.41) is 2.08. The molecular weight excluding hydrogens is 336 g/mol. The van der Waals surface area contributed by atoms with E-state index >= 15 is 0 Å². The zero-order valence-corrected chi connectivity index (χ0v) is 16.0. The highest BCUT2D eigenvalue weighted by atomic mass is 32.1. The van der Waals surface area contributed by atoms with Crippen LogP contribution in [-0.4, -0.2) is 60.0 Å². The molecule has 3 heterocycles. The fourth-order valence-corrected chi connectivity index (χ4v) is 4.58. The summed E-state index contributed by atoms with van der Waals surface area (Å²) in [6, 6.07) is 4.48. The molecule has 2 fully saturated rings. The second-order valence-corrected chi connectivity index (χ2v) is 8.30. The third-order valence-corrected chi connectivity index (χ3v) is 6.15. The van der Waals surface area contributed by atoms with E-state index in [9.17, 15) is 9.59 Å². The van der Waals surface area contributed by atoms with E-state index in [1.54, 1.807) is 11.3 Å². The van der Waals surface area contributed by atoms with Crippen molar-refractivity contribution in [1.82, 2.24) is 9.80 Å². The van der Waals surface area contributed by atoms with E-state index in [2.05, 4.69) is 22.4 Å². The minimum absolute atomic E-state index is 0.0709. The minimum Gasteiger partial charge on any atom is -0.369 e. The Bertz CT molecular complexity index is 587. The van der Waals surface area contributed by atoms with Gasteiger partial charge in [-0.15, -0.1) is 11.3 Å². The number of amides is 2. The minimum atomic E-state index is 0.0709. The Balaban J connectivity index is 1.56. The summed E-state index contributed by atoms with van der Waals surface area (Å²) in [7, 11) is 0. The van der Waals surface area contributed by atoms with Crippen molar-refractivity contribution < 1.29 is 14.3 Å². The summed E-state index contributed by atoms with van der Waals surface area (Å²) in [4.78, 5) is 30.1. The van der Waals surface area contributed by atoms with Crippen LogP contribution in [0, 0.1) is 5.92 Å². The van der Waals surface area contributed by atoms with Crippen LogP contribution in [0.3, 0.4) is 0 Å². The molecule has 0 spiro atoms. The van der Waals surface area contributed by atoms with Crippen LogP contribution < -0.4 is 0 Å². The number of likely N-dealkylation sites (tertiary alicyclic amines) is 2. The van der Waals surface area contributed by atoms with Crippen molar-refractivity contribution in [3.63, 3.8) is 0 Å². The zero-order valence-electron chi connectivity index (χ0n) is 15.1. The first kappa shape index (κ1) is 18.4. The van der Waals surface area contributed by atoms with Crippen molar-refractivity contribution in [2.24, 2.45) is 5.92 Å². The number of hydrogen-bond donors (Lipinski definition) is 0. The van der Waals surface area contributed by atoms with Gasteiger partial charge in [0.05, 0.1) is 6.10 Å². The summed E-state index contributed by atoms with van der Waals surface area (Å²) in [5.41, 5.74) is 0. The van der Waals surface area contributed by atoms with Gasteiger partial charge in [-0.05, 0) is 50.5 Å². The van der Waals surface area contributed by atoms with Gasteiger partial charge in [-0.1, -0.05) is 6.07 Å². The number of ether oxygens (including phenoxy) is 1. The Hall–Kier alpha value is -1.40. The lowest BCUT2D eigenvalue weighted by Crippen LogP contribution is -2.57. The van der Waals surface area contributed by atoms with E-state index in [1.165, 1.54) is 4.88 Å². The largest absolute Gasteiger partial charge is 0.369 e. The molecule has 0 bridgehead atoms. The highest BCUT2D eigenvalue weighted by Crippen LogP contribution is 2.31. The summed E-state index contributed by atoms with van der Waals surface area (Å²) in [6.07, 6.45) is 3.39. The Labute approximate surface area is 153 Å². The maximum absolute atomic E-state index is 12.4. The first-order valence-electron chi connectivity index (χ1n) is 9.26. The van der Waals surface area contributed by atoms with Crippen molar-refractivity contribution >= 4 is 23.2 Å². The standard InChI is InChI=1S/C19H28N2O3S/c1-14(2)24-13-19(23)20-9-8-17-15(12-20)5-6-18(22)21(17)10-7-16-4-3-11-25-16/h3-4,11,14-15,17H,5-10,12-13H2,1-2H3/t15-,17+/m0/s1. The van der Waals surface area contributed by atoms with Crippen molar-refractivity contribution in [1.29, 1.82) is 0 Å². The highest BCUT2D eigenvalue weighted by Gasteiger charge is 2.40. The van der Waals surface area contributed by atoms with Crippen molar-refractivity contribution in [2.75, 3.05) is 26.2 Å². The van der Waals surface area contributed by atoms with Crippen LogP contribution >= 0.6 is 11.3 Å². The fourth-order valence-electron chi connectivity index (χ4n) is 3.88. The Morgan fingerprint density at radius 3 is 2.96 bits per heavy atom. The van der Waals surface area contributed by atoms with Crippen LogP contribution in [0.1, 0.15) is 38.0 Å². The van der Waals surface area contributed by atoms with Crippen LogP contribution in [0.5, 0.6) is 0 Å². The molecule has 2 atom stereocenters. The van der Waals surface area contributed by atoms with Crippen LogP contribution in [0.4, 0.5) is 0 Å². The molecule has 1 aromatic heterocycles. The molecule has 2 aliphatic heterocycles. The second kappa shape index (κ2) is 8.32. The van der Waals surface area contributed by atoms with Crippen LogP contribution in [0.25, 0.3) is 0 Å². The number of rotatable bonds is 6. The maximum Gasteiger partial charge on any atom is 0.248 e. The van der Waals surface area contributed by atoms with Crippen LogP contribution in [0.15, 0.2) is 17.5 Å². The van der Waals surface area contributed by atoms with E-state index in [4.69, 9.17) is 4.74 Å². The molecule has 0 unspecified atom stereocenters. The molecule has 0 aliphatic carbocycles. The lowest BCUT2D eigenvalue weighted by molar-refractivity contribution is -0.146.